The van der Waals surface area contributed by atoms with Gasteiger partial charge in [-0.3, -0.25) is 0 Å². The SMILES string of the molecule is CC[C@H](NC(=O)NCc1nccn1C)C(C)(C)c1ccccc1. The fourth-order valence-electron chi connectivity index (χ4n) is 2.80. The Hall–Kier alpha value is -2.30. The number of amides is 2. The second-order valence-corrected chi connectivity index (χ2v) is 6.33. The highest BCUT2D eigenvalue weighted by molar-refractivity contribution is 5.74. The zero-order valence-corrected chi connectivity index (χ0v) is 14.3. The minimum absolute atomic E-state index is 0.0475. The van der Waals surface area contributed by atoms with E-state index in [0.717, 1.165) is 12.2 Å². The quantitative estimate of drug-likeness (QED) is 0.861. The van der Waals surface area contributed by atoms with E-state index in [-0.39, 0.29) is 17.5 Å². The van der Waals surface area contributed by atoms with Crippen molar-refractivity contribution in [1.29, 1.82) is 0 Å². The molecule has 124 valence electrons. The highest BCUT2D eigenvalue weighted by atomic mass is 16.2. The summed E-state index contributed by atoms with van der Waals surface area (Å²) in [4.78, 5) is 16.4. The summed E-state index contributed by atoms with van der Waals surface area (Å²) in [6.07, 6.45) is 4.45. The van der Waals surface area contributed by atoms with Gasteiger partial charge in [0.05, 0.1) is 6.54 Å². The normalized spacial score (nSPS) is 12.7. The summed E-state index contributed by atoms with van der Waals surface area (Å²) in [5.74, 6) is 0.829. The molecule has 0 saturated carbocycles. The summed E-state index contributed by atoms with van der Waals surface area (Å²) in [5, 5.41) is 5.98. The Morgan fingerprint density at radius 2 is 2.00 bits per heavy atom. The summed E-state index contributed by atoms with van der Waals surface area (Å²) in [7, 11) is 1.91. The lowest BCUT2D eigenvalue weighted by molar-refractivity contribution is 0.227. The fraction of sp³-hybridized carbons (Fsp3) is 0.444. The van der Waals surface area contributed by atoms with Crippen LogP contribution in [0.15, 0.2) is 42.7 Å². The number of nitrogens with zero attached hydrogens (tertiary/aromatic N) is 2. The van der Waals surface area contributed by atoms with E-state index in [1.807, 2.05) is 36.0 Å². The van der Waals surface area contributed by atoms with Gasteiger partial charge in [-0.2, -0.15) is 0 Å². The first-order valence-electron chi connectivity index (χ1n) is 8.01. The van der Waals surface area contributed by atoms with E-state index in [1.165, 1.54) is 5.56 Å². The molecule has 23 heavy (non-hydrogen) atoms. The predicted molar refractivity (Wildman–Crippen MR) is 92.1 cm³/mol. The molecule has 0 unspecified atom stereocenters. The van der Waals surface area contributed by atoms with Gasteiger partial charge in [0.15, 0.2) is 0 Å². The molecule has 0 aliphatic rings. The standard InChI is InChI=1S/C18H26N4O/c1-5-15(18(2,3)14-9-7-6-8-10-14)21-17(23)20-13-16-19-11-12-22(16)4/h6-12,15H,5,13H2,1-4H3,(H2,20,21,23)/t15-/m0/s1. The van der Waals surface area contributed by atoms with Gasteiger partial charge in [-0.15, -0.1) is 0 Å². The number of carbonyl (C=O) groups excluding carboxylic acids is 1. The number of rotatable bonds is 6. The average Bonchev–Trinajstić information content (AvgIpc) is 2.96. The van der Waals surface area contributed by atoms with Gasteiger partial charge in [-0.1, -0.05) is 51.1 Å². The van der Waals surface area contributed by atoms with Crippen LogP contribution in [0.2, 0.25) is 0 Å². The lowest BCUT2D eigenvalue weighted by Crippen LogP contribution is -2.50. The molecule has 2 rings (SSSR count). The van der Waals surface area contributed by atoms with Crippen LogP contribution in [-0.2, 0) is 19.0 Å². The third kappa shape index (κ3) is 4.12. The van der Waals surface area contributed by atoms with Crippen LogP contribution in [0.4, 0.5) is 4.79 Å². The first-order valence-corrected chi connectivity index (χ1v) is 8.01. The molecule has 0 spiro atoms. The molecule has 0 aliphatic carbocycles. The first-order chi connectivity index (χ1) is 10.9. The van der Waals surface area contributed by atoms with Crippen LogP contribution in [0.25, 0.3) is 0 Å². The molecule has 5 nitrogen and oxygen atoms in total. The Balaban J connectivity index is 1.98. The van der Waals surface area contributed by atoms with Crippen LogP contribution in [0.5, 0.6) is 0 Å². The van der Waals surface area contributed by atoms with E-state index in [1.54, 1.807) is 6.20 Å². The molecular weight excluding hydrogens is 288 g/mol. The molecule has 1 heterocycles. The van der Waals surface area contributed by atoms with Gasteiger partial charge in [0.25, 0.3) is 0 Å². The van der Waals surface area contributed by atoms with Crippen molar-refractivity contribution in [2.75, 3.05) is 0 Å². The van der Waals surface area contributed by atoms with E-state index < -0.39 is 0 Å². The molecule has 1 atom stereocenters. The van der Waals surface area contributed by atoms with Crippen molar-refractivity contribution in [3.63, 3.8) is 0 Å². The number of carbonyl (C=O) groups is 1. The topological polar surface area (TPSA) is 59.0 Å². The van der Waals surface area contributed by atoms with Gasteiger partial charge in [-0.25, -0.2) is 9.78 Å². The maximum absolute atomic E-state index is 12.2. The maximum Gasteiger partial charge on any atom is 0.315 e. The zero-order valence-electron chi connectivity index (χ0n) is 14.3. The van der Waals surface area contributed by atoms with Crippen LogP contribution in [0.3, 0.4) is 0 Å². The minimum Gasteiger partial charge on any atom is -0.337 e. The minimum atomic E-state index is -0.163. The van der Waals surface area contributed by atoms with Crippen molar-refractivity contribution >= 4 is 6.03 Å². The van der Waals surface area contributed by atoms with Gasteiger partial charge in [-0.05, 0) is 12.0 Å². The van der Waals surface area contributed by atoms with Crippen molar-refractivity contribution in [2.45, 2.75) is 45.2 Å². The maximum atomic E-state index is 12.2. The highest BCUT2D eigenvalue weighted by Gasteiger charge is 2.31. The number of aryl methyl sites for hydroxylation is 1. The Morgan fingerprint density at radius 3 is 2.57 bits per heavy atom. The van der Waals surface area contributed by atoms with E-state index in [2.05, 4.69) is 48.5 Å². The second kappa shape index (κ2) is 7.31. The van der Waals surface area contributed by atoms with Crippen molar-refractivity contribution < 1.29 is 4.79 Å². The Morgan fingerprint density at radius 1 is 1.30 bits per heavy atom. The van der Waals surface area contributed by atoms with E-state index in [4.69, 9.17) is 0 Å². The van der Waals surface area contributed by atoms with Gasteiger partial charge in [0.2, 0.25) is 0 Å². The Kier molecular flexibility index (Phi) is 5.42. The molecule has 2 N–H and O–H groups in total. The Labute approximate surface area is 138 Å². The second-order valence-electron chi connectivity index (χ2n) is 6.33. The molecule has 0 radical (unpaired) electrons. The number of hydrogen-bond donors (Lipinski definition) is 2. The molecule has 2 amide bonds. The largest absolute Gasteiger partial charge is 0.337 e. The summed E-state index contributed by atoms with van der Waals surface area (Å²) in [6.45, 7) is 6.83. The lowest BCUT2D eigenvalue weighted by atomic mass is 9.76. The molecular formula is C18H26N4O. The van der Waals surface area contributed by atoms with Crippen molar-refractivity contribution in [3.8, 4) is 0 Å². The van der Waals surface area contributed by atoms with Crippen molar-refractivity contribution in [1.82, 2.24) is 20.2 Å². The van der Waals surface area contributed by atoms with Crippen molar-refractivity contribution in [2.24, 2.45) is 7.05 Å². The van der Waals surface area contributed by atoms with Crippen LogP contribution in [-0.4, -0.2) is 21.6 Å². The number of imidazole rings is 1. The van der Waals surface area contributed by atoms with E-state index >= 15 is 0 Å². The van der Waals surface area contributed by atoms with Gasteiger partial charge in [0.1, 0.15) is 5.82 Å². The number of urea groups is 1. The molecule has 1 aromatic heterocycles. The highest BCUT2D eigenvalue weighted by Crippen LogP contribution is 2.28. The fourth-order valence-corrected chi connectivity index (χ4v) is 2.80. The molecule has 0 bridgehead atoms. The van der Waals surface area contributed by atoms with Crippen LogP contribution in [0, 0.1) is 0 Å². The molecule has 1 aromatic carbocycles. The van der Waals surface area contributed by atoms with Crippen LogP contribution >= 0.6 is 0 Å². The molecule has 0 saturated heterocycles. The molecule has 0 aliphatic heterocycles. The van der Waals surface area contributed by atoms with Crippen molar-refractivity contribution in [3.05, 3.63) is 54.1 Å². The van der Waals surface area contributed by atoms with Gasteiger partial charge >= 0.3 is 6.03 Å². The summed E-state index contributed by atoms with van der Waals surface area (Å²) >= 11 is 0. The molecule has 5 heteroatoms. The summed E-state index contributed by atoms with van der Waals surface area (Å²) in [6, 6.07) is 10.2. The molecule has 0 fully saturated rings. The van der Waals surface area contributed by atoms with E-state index in [9.17, 15) is 4.79 Å². The lowest BCUT2D eigenvalue weighted by Gasteiger charge is -2.35. The van der Waals surface area contributed by atoms with Gasteiger partial charge in [0, 0.05) is 30.9 Å². The average molecular weight is 314 g/mol. The first kappa shape index (κ1) is 17.1. The predicted octanol–water partition coefficient (Wildman–Crippen LogP) is 2.98. The number of nitrogens with one attached hydrogen (secondary N) is 2. The zero-order chi connectivity index (χ0) is 16.9. The Bertz CT molecular complexity index is 633. The van der Waals surface area contributed by atoms with Gasteiger partial charge < -0.3 is 15.2 Å². The molecule has 2 aromatic rings. The number of benzene rings is 1. The summed E-state index contributed by atoms with van der Waals surface area (Å²) < 4.78 is 1.89. The third-order valence-corrected chi connectivity index (χ3v) is 4.43. The van der Waals surface area contributed by atoms with E-state index in [0.29, 0.717) is 6.54 Å². The number of hydrogen-bond acceptors (Lipinski definition) is 2. The van der Waals surface area contributed by atoms with Crippen LogP contribution in [0.1, 0.15) is 38.6 Å². The third-order valence-electron chi connectivity index (χ3n) is 4.43. The number of aromatic nitrogens is 2. The van der Waals surface area contributed by atoms with Crippen LogP contribution < -0.4 is 10.6 Å². The summed E-state index contributed by atoms with van der Waals surface area (Å²) in [5.41, 5.74) is 1.08. The monoisotopic (exact) mass is 314 g/mol. The smallest absolute Gasteiger partial charge is 0.315 e.